The van der Waals surface area contributed by atoms with Crippen LogP contribution in [0.3, 0.4) is 0 Å². The van der Waals surface area contributed by atoms with Crippen LogP contribution in [0.5, 0.6) is 11.5 Å². The van der Waals surface area contributed by atoms with Crippen LogP contribution >= 0.6 is 0 Å². The number of anilines is 2. The maximum absolute atomic E-state index is 13.7. The van der Waals surface area contributed by atoms with Crippen LogP contribution in [0.4, 0.5) is 17.1 Å². The van der Waals surface area contributed by atoms with Gasteiger partial charge in [-0.15, -0.1) is 0 Å². The van der Waals surface area contributed by atoms with Gasteiger partial charge in [0.1, 0.15) is 11.7 Å². The van der Waals surface area contributed by atoms with Gasteiger partial charge in [0, 0.05) is 24.8 Å². The topological polar surface area (TPSA) is 150 Å². The van der Waals surface area contributed by atoms with E-state index in [1.807, 2.05) is 19.1 Å². The van der Waals surface area contributed by atoms with Gasteiger partial charge in [-0.1, -0.05) is 26.8 Å². The number of aromatic nitrogens is 3. The van der Waals surface area contributed by atoms with E-state index in [9.17, 15) is 13.8 Å². The number of nitrogens with zero attached hydrogens (tertiary/aromatic N) is 4. The standard InChI is InChI=1S/C38H46N6O8S/c1-8-49-37(45)26(6)50-31-12-9-22(2)19-32(31)52-53(47)42-28-20-27(10-11-30(28)43-13-15-48-16-14-43)35-40-36-33(29(39-7)21-44(36)41-35)38(46)51-34-24(4)17-23(3)18-25(34)5/h9-12,19-21,23-26,34,42H,8,13-18H2,1-6H3,(H,40,41). The van der Waals surface area contributed by atoms with Gasteiger partial charge >= 0.3 is 23.2 Å². The molecule has 2 fully saturated rings. The van der Waals surface area contributed by atoms with Crippen molar-refractivity contribution >= 4 is 45.9 Å². The minimum atomic E-state index is -2.12. The SMILES string of the molecule is [C-]#[N+]c1cn2[nH]c(-c3ccc(N4CCOCC4)c(NS(=O)Oc4cc(C)ccc4OC(C)C(=O)OCC)c3)nc2c1C(=O)OC1C(C)CC(C)CC1C. The Balaban J connectivity index is 1.28. The first kappa shape index (κ1) is 37.7. The lowest BCUT2D eigenvalue weighted by atomic mass is 9.75. The van der Waals surface area contributed by atoms with Crippen molar-refractivity contribution in [3.05, 3.63) is 65.1 Å². The van der Waals surface area contributed by atoms with Crippen molar-refractivity contribution in [2.24, 2.45) is 17.8 Å². The average Bonchev–Trinajstić information content (AvgIpc) is 3.69. The molecule has 1 saturated carbocycles. The van der Waals surface area contributed by atoms with E-state index in [1.54, 1.807) is 48.8 Å². The van der Waals surface area contributed by atoms with Crippen molar-refractivity contribution in [1.29, 1.82) is 0 Å². The summed E-state index contributed by atoms with van der Waals surface area (Å²) in [4.78, 5) is 36.4. The maximum atomic E-state index is 13.7. The molecule has 0 spiro atoms. The van der Waals surface area contributed by atoms with Gasteiger partial charge in [0.25, 0.3) is 0 Å². The van der Waals surface area contributed by atoms with E-state index in [4.69, 9.17) is 34.7 Å². The number of aryl methyl sites for hydroxylation is 1. The molecule has 14 nitrogen and oxygen atoms in total. The van der Waals surface area contributed by atoms with E-state index in [1.165, 1.54) is 0 Å². The van der Waals surface area contributed by atoms with Crippen LogP contribution in [0, 0.1) is 31.2 Å². The van der Waals surface area contributed by atoms with Crippen LogP contribution in [-0.2, 0) is 30.3 Å². The van der Waals surface area contributed by atoms with Crippen molar-refractivity contribution in [2.45, 2.75) is 66.6 Å². The molecule has 4 atom stereocenters. The van der Waals surface area contributed by atoms with Crippen LogP contribution in [0.15, 0.2) is 42.6 Å². The minimum Gasteiger partial charge on any atom is -0.475 e. The highest BCUT2D eigenvalue weighted by Gasteiger charge is 2.36. The van der Waals surface area contributed by atoms with Gasteiger partial charge in [-0.3, -0.25) is 14.3 Å². The molecule has 15 heteroatoms. The number of nitrogens with one attached hydrogen (secondary N) is 2. The Kier molecular flexibility index (Phi) is 11.6. The lowest BCUT2D eigenvalue weighted by Crippen LogP contribution is -2.37. The number of H-pyrrole nitrogens is 1. The van der Waals surface area contributed by atoms with Crippen LogP contribution in [-0.4, -0.2) is 75.9 Å². The molecule has 4 unspecified atom stereocenters. The Bertz CT molecular complexity index is 2020. The quantitative estimate of drug-likeness (QED) is 0.119. The molecular weight excluding hydrogens is 701 g/mol. The zero-order valence-electron chi connectivity index (χ0n) is 30.8. The molecule has 6 rings (SSSR count). The van der Waals surface area contributed by atoms with Crippen molar-refractivity contribution < 1.29 is 36.9 Å². The number of rotatable bonds is 12. The molecule has 1 aliphatic heterocycles. The Morgan fingerprint density at radius 1 is 1.11 bits per heavy atom. The van der Waals surface area contributed by atoms with Crippen LogP contribution in [0.2, 0.25) is 0 Å². The Hall–Kier alpha value is -5.07. The monoisotopic (exact) mass is 746 g/mol. The Morgan fingerprint density at radius 2 is 1.85 bits per heavy atom. The first-order chi connectivity index (χ1) is 25.4. The van der Waals surface area contributed by atoms with Gasteiger partial charge in [-0.2, -0.15) is 4.21 Å². The van der Waals surface area contributed by atoms with Gasteiger partial charge in [0.2, 0.25) is 5.69 Å². The summed E-state index contributed by atoms with van der Waals surface area (Å²) >= 11 is -2.12. The highest BCUT2D eigenvalue weighted by Crippen LogP contribution is 2.38. The number of ether oxygens (including phenoxy) is 4. The van der Waals surface area contributed by atoms with E-state index in [2.05, 4.69) is 40.3 Å². The minimum absolute atomic E-state index is 0.117. The zero-order valence-corrected chi connectivity index (χ0v) is 31.7. The number of hydrogen-bond donors (Lipinski definition) is 2. The number of carbonyl (C=O) groups excluding carboxylic acids is 2. The van der Waals surface area contributed by atoms with Crippen LogP contribution < -0.4 is 18.5 Å². The van der Waals surface area contributed by atoms with E-state index in [-0.39, 0.29) is 52.9 Å². The molecule has 2 aromatic carbocycles. The van der Waals surface area contributed by atoms with Crippen molar-refractivity contribution in [3.63, 3.8) is 0 Å². The molecule has 0 amide bonds. The van der Waals surface area contributed by atoms with E-state index < -0.39 is 29.3 Å². The fraction of sp³-hybridized carbons (Fsp3) is 0.474. The summed E-state index contributed by atoms with van der Waals surface area (Å²) in [6.45, 7) is 21.8. The molecule has 1 aliphatic carbocycles. The molecule has 53 heavy (non-hydrogen) atoms. The number of benzene rings is 2. The Labute approximate surface area is 311 Å². The van der Waals surface area contributed by atoms with Crippen LogP contribution in [0.1, 0.15) is 63.4 Å². The average molecular weight is 747 g/mol. The number of carbonyl (C=O) groups is 2. The largest absolute Gasteiger partial charge is 0.475 e. The third kappa shape index (κ3) is 8.44. The first-order valence-electron chi connectivity index (χ1n) is 17.9. The maximum Gasteiger partial charge on any atom is 0.347 e. The van der Waals surface area contributed by atoms with Gasteiger partial charge in [-0.25, -0.2) is 19.4 Å². The second-order valence-corrected chi connectivity index (χ2v) is 14.7. The fourth-order valence-electron chi connectivity index (χ4n) is 7.26. The molecule has 2 aliphatic rings. The molecule has 282 valence electrons. The second kappa shape index (κ2) is 16.3. The van der Waals surface area contributed by atoms with E-state index in [0.717, 1.165) is 24.1 Å². The molecular formula is C38H46N6O8S. The lowest BCUT2D eigenvalue weighted by Gasteiger charge is -2.37. The summed E-state index contributed by atoms with van der Waals surface area (Å²) in [6.07, 6.45) is 2.31. The van der Waals surface area contributed by atoms with Crippen molar-refractivity contribution in [1.82, 2.24) is 14.6 Å². The highest BCUT2D eigenvalue weighted by atomic mass is 32.2. The van der Waals surface area contributed by atoms with E-state index in [0.29, 0.717) is 49.3 Å². The fourth-order valence-corrected chi connectivity index (χ4v) is 7.93. The van der Waals surface area contributed by atoms with Gasteiger partial charge in [0.05, 0.1) is 37.8 Å². The molecule has 4 aromatic rings. The molecule has 1 saturated heterocycles. The molecule has 0 bridgehead atoms. The smallest absolute Gasteiger partial charge is 0.347 e. The third-order valence-corrected chi connectivity index (χ3v) is 10.4. The summed E-state index contributed by atoms with van der Waals surface area (Å²) in [5.74, 6) is 0.693. The Morgan fingerprint density at radius 3 is 2.55 bits per heavy atom. The van der Waals surface area contributed by atoms with Gasteiger partial charge in [-0.05, 0) is 87.3 Å². The number of fused-ring (bicyclic) bond motifs is 1. The van der Waals surface area contributed by atoms with Crippen molar-refractivity contribution in [2.75, 3.05) is 42.5 Å². The number of hydrogen-bond acceptors (Lipinski definition) is 10. The summed E-state index contributed by atoms with van der Waals surface area (Å²) in [5.41, 5.74) is 3.28. The van der Waals surface area contributed by atoms with Crippen LogP contribution in [0.25, 0.3) is 21.9 Å². The number of esters is 2. The molecule has 3 heterocycles. The molecule has 0 radical (unpaired) electrons. The summed E-state index contributed by atoms with van der Waals surface area (Å²) < 4.78 is 46.6. The number of aromatic amines is 1. The number of morpholine rings is 1. The summed E-state index contributed by atoms with van der Waals surface area (Å²) in [5, 5.41) is 3.19. The predicted molar refractivity (Wildman–Crippen MR) is 200 cm³/mol. The predicted octanol–water partition coefficient (Wildman–Crippen LogP) is 6.65. The zero-order chi connectivity index (χ0) is 37.8. The lowest BCUT2D eigenvalue weighted by molar-refractivity contribution is -0.150. The van der Waals surface area contributed by atoms with Gasteiger partial charge < -0.3 is 28.0 Å². The van der Waals surface area contributed by atoms with Gasteiger partial charge in [0.15, 0.2) is 29.1 Å². The first-order valence-corrected chi connectivity index (χ1v) is 19.0. The summed E-state index contributed by atoms with van der Waals surface area (Å²) in [6, 6.07) is 10.7. The summed E-state index contributed by atoms with van der Waals surface area (Å²) in [7, 11) is 0. The normalized spacial score (nSPS) is 21.3. The highest BCUT2D eigenvalue weighted by molar-refractivity contribution is 7.82. The molecule has 2 aromatic heterocycles. The second-order valence-electron chi connectivity index (χ2n) is 13.9. The van der Waals surface area contributed by atoms with E-state index >= 15 is 0 Å². The third-order valence-electron chi connectivity index (χ3n) is 9.64. The van der Waals surface area contributed by atoms with Crippen molar-refractivity contribution in [3.8, 4) is 22.9 Å². The molecule has 2 N–H and O–H groups in total.